The summed E-state index contributed by atoms with van der Waals surface area (Å²) in [4.78, 5) is 37.6. The minimum absolute atomic E-state index is 0.0226. The van der Waals surface area contributed by atoms with Gasteiger partial charge in [0.2, 0.25) is 0 Å². The van der Waals surface area contributed by atoms with E-state index in [4.69, 9.17) is 26.8 Å². The Bertz CT molecular complexity index is 1210. The number of carboxylic acid groups (broad SMARTS) is 1. The number of carboxylic acids is 1. The first-order valence-electron chi connectivity index (χ1n) is 10.4. The number of carbonyl (C=O) groups excluding carboxylic acids is 2. The Hall–Kier alpha value is -2.89. The fourth-order valence-electron chi connectivity index (χ4n) is 3.37. The molecule has 2 N–H and O–H groups in total. The van der Waals surface area contributed by atoms with Crippen LogP contribution in [0.5, 0.6) is 11.5 Å². The van der Waals surface area contributed by atoms with Gasteiger partial charge in [0.15, 0.2) is 18.1 Å². The highest BCUT2D eigenvalue weighted by atomic mass is 79.9. The highest BCUT2D eigenvalue weighted by Gasteiger charge is 2.32. The highest BCUT2D eigenvalue weighted by Crippen LogP contribution is 2.35. The lowest BCUT2D eigenvalue weighted by molar-refractivity contribution is -0.137. The van der Waals surface area contributed by atoms with E-state index in [1.165, 1.54) is 12.0 Å². The van der Waals surface area contributed by atoms with Crippen LogP contribution in [0.3, 0.4) is 0 Å². The molecule has 184 valence electrons. The SMILES string of the molecule is COc1cc(/C=C2\SC(=S)N(CCC(=O)O)C2=O)ccc1OCC(=O)Nc1c(C)cc(Br)cc1C. The zero-order valence-electron chi connectivity index (χ0n) is 19.2. The van der Waals surface area contributed by atoms with Crippen molar-refractivity contribution in [2.45, 2.75) is 20.3 Å². The molecule has 1 aliphatic heterocycles. The molecule has 35 heavy (non-hydrogen) atoms. The molecule has 1 saturated heterocycles. The second-order valence-corrected chi connectivity index (χ2v) is 10.2. The molecule has 0 aromatic heterocycles. The standard InChI is InChI=1S/C24H23BrN2O6S2/c1-13-8-16(25)9-14(2)22(13)26-20(28)12-33-17-5-4-15(10-18(17)32-3)11-19-23(31)27(24(34)35-19)7-6-21(29)30/h4-5,8-11H,6-7,12H2,1-3H3,(H,26,28)(H,29,30)/b19-11-. The van der Waals surface area contributed by atoms with Gasteiger partial charge >= 0.3 is 5.97 Å². The van der Waals surface area contributed by atoms with Gasteiger partial charge in [-0.25, -0.2) is 0 Å². The van der Waals surface area contributed by atoms with Crippen molar-refractivity contribution in [1.82, 2.24) is 4.90 Å². The lowest BCUT2D eigenvalue weighted by Crippen LogP contribution is -2.30. The Labute approximate surface area is 220 Å². The number of aliphatic carboxylic acids is 1. The monoisotopic (exact) mass is 578 g/mol. The molecule has 11 heteroatoms. The van der Waals surface area contributed by atoms with Crippen LogP contribution in [0.4, 0.5) is 5.69 Å². The Morgan fingerprint density at radius 3 is 2.51 bits per heavy atom. The van der Waals surface area contributed by atoms with E-state index in [0.29, 0.717) is 26.3 Å². The Balaban J connectivity index is 1.68. The molecule has 2 aromatic rings. The molecular weight excluding hydrogens is 556 g/mol. The Morgan fingerprint density at radius 1 is 1.20 bits per heavy atom. The van der Waals surface area contributed by atoms with Gasteiger partial charge in [-0.1, -0.05) is 46.0 Å². The molecule has 0 saturated carbocycles. The maximum absolute atomic E-state index is 12.6. The van der Waals surface area contributed by atoms with Gasteiger partial charge < -0.3 is 19.9 Å². The number of nitrogens with zero attached hydrogens (tertiary/aromatic N) is 1. The van der Waals surface area contributed by atoms with Crippen molar-refractivity contribution >= 4 is 73.8 Å². The summed E-state index contributed by atoms with van der Waals surface area (Å²) < 4.78 is 12.3. The molecule has 1 aliphatic rings. The molecule has 1 heterocycles. The van der Waals surface area contributed by atoms with Crippen molar-refractivity contribution in [2.75, 3.05) is 25.6 Å². The number of hydrogen-bond acceptors (Lipinski definition) is 7. The number of hydrogen-bond donors (Lipinski definition) is 2. The van der Waals surface area contributed by atoms with Crippen molar-refractivity contribution in [1.29, 1.82) is 0 Å². The van der Waals surface area contributed by atoms with E-state index < -0.39 is 5.97 Å². The van der Waals surface area contributed by atoms with Gasteiger partial charge in [0.1, 0.15) is 4.32 Å². The second-order valence-electron chi connectivity index (χ2n) is 7.64. The van der Waals surface area contributed by atoms with E-state index in [1.807, 2.05) is 26.0 Å². The van der Waals surface area contributed by atoms with Crippen molar-refractivity contribution in [3.8, 4) is 11.5 Å². The van der Waals surface area contributed by atoms with Crippen molar-refractivity contribution < 1.29 is 29.0 Å². The maximum atomic E-state index is 12.6. The van der Waals surface area contributed by atoms with Gasteiger partial charge in [0.25, 0.3) is 11.8 Å². The fraction of sp³-hybridized carbons (Fsp3) is 0.250. The molecule has 0 aliphatic carbocycles. The lowest BCUT2D eigenvalue weighted by atomic mass is 10.1. The van der Waals surface area contributed by atoms with Crippen LogP contribution in [0.15, 0.2) is 39.7 Å². The number of carbonyl (C=O) groups is 3. The van der Waals surface area contributed by atoms with E-state index in [-0.39, 0.29) is 31.4 Å². The van der Waals surface area contributed by atoms with Crippen LogP contribution >= 0.6 is 39.9 Å². The highest BCUT2D eigenvalue weighted by molar-refractivity contribution is 9.10. The fourth-order valence-corrected chi connectivity index (χ4v) is 5.37. The van der Waals surface area contributed by atoms with Crippen LogP contribution in [0.2, 0.25) is 0 Å². The van der Waals surface area contributed by atoms with Gasteiger partial charge in [-0.05, 0) is 60.9 Å². The maximum Gasteiger partial charge on any atom is 0.305 e. The summed E-state index contributed by atoms with van der Waals surface area (Å²) in [5.41, 5.74) is 3.27. The summed E-state index contributed by atoms with van der Waals surface area (Å²) in [6.45, 7) is 3.63. The zero-order chi connectivity index (χ0) is 25.7. The van der Waals surface area contributed by atoms with E-state index in [2.05, 4.69) is 21.2 Å². The smallest absolute Gasteiger partial charge is 0.305 e. The topological polar surface area (TPSA) is 105 Å². The lowest BCUT2D eigenvalue weighted by Gasteiger charge is -2.14. The predicted octanol–water partition coefficient (Wildman–Crippen LogP) is 4.77. The number of anilines is 1. The summed E-state index contributed by atoms with van der Waals surface area (Å²) in [5.74, 6) is -0.883. The summed E-state index contributed by atoms with van der Waals surface area (Å²) in [6.07, 6.45) is 1.46. The first-order chi connectivity index (χ1) is 16.6. The number of benzene rings is 2. The van der Waals surface area contributed by atoms with E-state index in [1.54, 1.807) is 24.3 Å². The quantitative estimate of drug-likeness (QED) is 0.324. The molecule has 2 aromatic carbocycles. The van der Waals surface area contributed by atoms with Crippen LogP contribution in [0.1, 0.15) is 23.1 Å². The van der Waals surface area contributed by atoms with Crippen molar-refractivity contribution in [3.63, 3.8) is 0 Å². The molecule has 1 fully saturated rings. The van der Waals surface area contributed by atoms with E-state index >= 15 is 0 Å². The van der Waals surface area contributed by atoms with E-state index in [0.717, 1.165) is 33.0 Å². The summed E-state index contributed by atoms with van der Waals surface area (Å²) >= 11 is 9.76. The zero-order valence-corrected chi connectivity index (χ0v) is 22.4. The van der Waals surface area contributed by atoms with Crippen molar-refractivity contribution in [2.24, 2.45) is 0 Å². The Kier molecular flexibility index (Phi) is 8.92. The van der Waals surface area contributed by atoms with Gasteiger partial charge in [0, 0.05) is 16.7 Å². The van der Waals surface area contributed by atoms with Crippen LogP contribution in [0, 0.1) is 13.8 Å². The number of rotatable bonds is 9. The first kappa shape index (κ1) is 26.7. The molecule has 0 unspecified atom stereocenters. The number of thioether (sulfide) groups is 1. The van der Waals surface area contributed by atoms with Gasteiger partial charge in [-0.3, -0.25) is 19.3 Å². The minimum Gasteiger partial charge on any atom is -0.493 e. The normalized spacial score (nSPS) is 14.4. The molecule has 0 radical (unpaired) electrons. The number of methoxy groups -OCH3 is 1. The third-order valence-corrected chi connectivity index (χ3v) is 6.86. The van der Waals surface area contributed by atoms with Crippen molar-refractivity contribution in [3.05, 3.63) is 56.4 Å². The summed E-state index contributed by atoms with van der Waals surface area (Å²) in [7, 11) is 1.48. The molecule has 0 atom stereocenters. The predicted molar refractivity (Wildman–Crippen MR) is 143 cm³/mol. The molecular formula is C24H23BrN2O6S2. The van der Waals surface area contributed by atoms with Gasteiger partial charge in [0.05, 0.1) is 18.4 Å². The number of halogens is 1. The molecule has 2 amide bonds. The van der Waals surface area contributed by atoms with Crippen LogP contribution in [0.25, 0.3) is 6.08 Å². The average molecular weight is 579 g/mol. The second kappa shape index (κ2) is 11.7. The number of aryl methyl sites for hydroxylation is 2. The van der Waals surface area contributed by atoms with Crippen LogP contribution in [-0.4, -0.2) is 52.4 Å². The number of ether oxygens (including phenoxy) is 2. The third kappa shape index (κ3) is 6.83. The average Bonchev–Trinajstić information content (AvgIpc) is 3.05. The van der Waals surface area contributed by atoms with E-state index in [9.17, 15) is 14.4 Å². The first-order valence-corrected chi connectivity index (χ1v) is 12.5. The number of nitrogens with one attached hydrogen (secondary N) is 1. The number of thiocarbonyl (C=S) groups is 1. The molecule has 3 rings (SSSR count). The van der Waals surface area contributed by atoms with Gasteiger partial charge in [-0.2, -0.15) is 0 Å². The number of amides is 2. The van der Waals surface area contributed by atoms with Crippen LogP contribution in [-0.2, 0) is 14.4 Å². The van der Waals surface area contributed by atoms with Gasteiger partial charge in [-0.15, -0.1) is 0 Å². The third-order valence-electron chi connectivity index (χ3n) is 5.03. The molecule has 0 spiro atoms. The summed E-state index contributed by atoms with van der Waals surface area (Å²) in [6, 6.07) is 8.90. The minimum atomic E-state index is -1.00. The Morgan fingerprint density at radius 2 is 1.89 bits per heavy atom. The molecule has 8 nitrogen and oxygen atoms in total. The molecule has 0 bridgehead atoms. The van der Waals surface area contributed by atoms with Crippen LogP contribution < -0.4 is 14.8 Å². The largest absolute Gasteiger partial charge is 0.493 e. The summed E-state index contributed by atoms with van der Waals surface area (Å²) in [5, 5.41) is 11.7.